The van der Waals surface area contributed by atoms with Crippen molar-refractivity contribution in [2.45, 2.75) is 33.6 Å². The van der Waals surface area contributed by atoms with Crippen LogP contribution in [-0.2, 0) is 4.79 Å². The van der Waals surface area contributed by atoms with Crippen molar-refractivity contribution in [3.8, 4) is 11.4 Å². The fourth-order valence-corrected chi connectivity index (χ4v) is 3.35. The zero-order chi connectivity index (χ0) is 17.1. The monoisotopic (exact) mass is 320 g/mol. The van der Waals surface area contributed by atoms with Gasteiger partial charge < -0.3 is 0 Å². The van der Waals surface area contributed by atoms with Crippen LogP contribution in [0.1, 0.15) is 39.2 Å². The van der Waals surface area contributed by atoms with Crippen LogP contribution in [0, 0.1) is 17.8 Å². The topological polar surface area (TPSA) is 42.9 Å². The van der Waals surface area contributed by atoms with E-state index in [9.17, 15) is 4.79 Å². The van der Waals surface area contributed by atoms with Crippen molar-refractivity contribution in [2.75, 3.05) is 0 Å². The molecule has 0 amide bonds. The standard InChI is InChI=1S/C21H24N2O/c1-14(2)18-10-9-15(3)19(20(18)24)11-16-12-22-21(23-13-16)17-7-5-4-6-8-17/h4-8,11-15,18H,9-10H2,1-3H3/t15-,18+/m1/s1. The fraction of sp³-hybridized carbons (Fsp3) is 0.381. The van der Waals surface area contributed by atoms with E-state index in [1.807, 2.05) is 36.4 Å². The number of rotatable bonds is 3. The molecule has 1 aliphatic carbocycles. The van der Waals surface area contributed by atoms with Gasteiger partial charge in [0.1, 0.15) is 0 Å². The summed E-state index contributed by atoms with van der Waals surface area (Å²) in [6.07, 6.45) is 7.67. The Kier molecular flexibility index (Phi) is 4.89. The molecular formula is C21H24N2O. The lowest BCUT2D eigenvalue weighted by atomic mass is 9.73. The van der Waals surface area contributed by atoms with Gasteiger partial charge in [0, 0.05) is 29.4 Å². The predicted octanol–water partition coefficient (Wildman–Crippen LogP) is 4.80. The normalized spacial score (nSPS) is 23.0. The lowest BCUT2D eigenvalue weighted by Crippen LogP contribution is -2.30. The third-order valence-corrected chi connectivity index (χ3v) is 4.89. The minimum atomic E-state index is 0.150. The molecule has 1 aromatic carbocycles. The van der Waals surface area contributed by atoms with Gasteiger partial charge in [0.2, 0.25) is 0 Å². The molecule has 1 aromatic heterocycles. The minimum Gasteiger partial charge on any atom is -0.294 e. The van der Waals surface area contributed by atoms with Crippen molar-refractivity contribution in [1.82, 2.24) is 9.97 Å². The molecule has 2 aromatic rings. The first-order valence-corrected chi connectivity index (χ1v) is 8.69. The molecule has 3 rings (SSSR count). The quantitative estimate of drug-likeness (QED) is 0.763. The summed E-state index contributed by atoms with van der Waals surface area (Å²) in [5, 5.41) is 0. The summed E-state index contributed by atoms with van der Waals surface area (Å²) in [4.78, 5) is 21.7. The molecule has 0 spiro atoms. The van der Waals surface area contributed by atoms with Gasteiger partial charge in [0.15, 0.2) is 11.6 Å². The molecule has 3 nitrogen and oxygen atoms in total. The van der Waals surface area contributed by atoms with E-state index in [-0.39, 0.29) is 5.92 Å². The Morgan fingerprint density at radius 3 is 2.38 bits per heavy atom. The third kappa shape index (κ3) is 3.45. The second-order valence-electron chi connectivity index (χ2n) is 7.00. The minimum absolute atomic E-state index is 0.150. The Hall–Kier alpha value is -2.29. The summed E-state index contributed by atoms with van der Waals surface area (Å²) in [6, 6.07) is 9.91. The summed E-state index contributed by atoms with van der Waals surface area (Å²) in [5.74, 6) is 1.86. The van der Waals surface area contributed by atoms with Crippen molar-refractivity contribution in [1.29, 1.82) is 0 Å². The van der Waals surface area contributed by atoms with E-state index in [4.69, 9.17) is 0 Å². The molecule has 124 valence electrons. The first-order valence-electron chi connectivity index (χ1n) is 8.69. The Bertz CT molecular complexity index is 732. The van der Waals surface area contributed by atoms with E-state index >= 15 is 0 Å². The molecule has 0 N–H and O–H groups in total. The molecular weight excluding hydrogens is 296 g/mol. The highest BCUT2D eigenvalue weighted by atomic mass is 16.1. The lowest BCUT2D eigenvalue weighted by molar-refractivity contribution is -0.122. The average Bonchev–Trinajstić information content (AvgIpc) is 2.59. The Morgan fingerprint density at radius 2 is 1.75 bits per heavy atom. The summed E-state index contributed by atoms with van der Waals surface area (Å²) >= 11 is 0. The van der Waals surface area contributed by atoms with Gasteiger partial charge >= 0.3 is 0 Å². The summed E-state index contributed by atoms with van der Waals surface area (Å²) in [5.41, 5.74) is 2.82. The number of hydrogen-bond acceptors (Lipinski definition) is 3. The van der Waals surface area contributed by atoms with E-state index in [1.165, 1.54) is 0 Å². The lowest BCUT2D eigenvalue weighted by Gasteiger charge is -2.30. The number of hydrogen-bond donors (Lipinski definition) is 0. The highest BCUT2D eigenvalue weighted by Crippen LogP contribution is 2.35. The van der Waals surface area contributed by atoms with Gasteiger partial charge in [-0.1, -0.05) is 51.1 Å². The van der Waals surface area contributed by atoms with Crippen LogP contribution in [0.4, 0.5) is 0 Å². The maximum atomic E-state index is 12.8. The van der Waals surface area contributed by atoms with E-state index in [0.717, 1.165) is 29.5 Å². The van der Waals surface area contributed by atoms with Crippen molar-refractivity contribution in [2.24, 2.45) is 17.8 Å². The number of aromatic nitrogens is 2. The highest BCUT2D eigenvalue weighted by Gasteiger charge is 2.32. The van der Waals surface area contributed by atoms with E-state index in [1.54, 1.807) is 12.4 Å². The first kappa shape index (κ1) is 16.6. The molecule has 3 heteroatoms. The average molecular weight is 320 g/mol. The Balaban J connectivity index is 1.86. The van der Waals surface area contributed by atoms with E-state index in [0.29, 0.717) is 23.4 Å². The van der Waals surface area contributed by atoms with Crippen molar-refractivity contribution in [3.05, 3.63) is 53.9 Å². The van der Waals surface area contributed by atoms with Gasteiger partial charge in [-0.15, -0.1) is 0 Å². The van der Waals surface area contributed by atoms with Crippen molar-refractivity contribution in [3.63, 3.8) is 0 Å². The summed E-state index contributed by atoms with van der Waals surface area (Å²) < 4.78 is 0. The van der Waals surface area contributed by atoms with Crippen LogP contribution < -0.4 is 0 Å². The second-order valence-corrected chi connectivity index (χ2v) is 7.00. The van der Waals surface area contributed by atoms with Crippen LogP contribution >= 0.6 is 0 Å². The SMILES string of the molecule is CC(C)[C@@H]1CC[C@@H](C)C(=Cc2cnc(-c3ccccc3)nc2)C1=O. The molecule has 24 heavy (non-hydrogen) atoms. The maximum absolute atomic E-state index is 12.8. The third-order valence-electron chi connectivity index (χ3n) is 4.89. The van der Waals surface area contributed by atoms with Crippen LogP contribution in [0.3, 0.4) is 0 Å². The molecule has 0 unspecified atom stereocenters. The molecule has 1 fully saturated rings. The number of benzene rings is 1. The van der Waals surface area contributed by atoms with Gasteiger partial charge in [-0.25, -0.2) is 9.97 Å². The zero-order valence-electron chi connectivity index (χ0n) is 14.6. The smallest absolute Gasteiger partial charge is 0.162 e. The van der Waals surface area contributed by atoms with Crippen LogP contribution in [0.2, 0.25) is 0 Å². The van der Waals surface area contributed by atoms with Crippen molar-refractivity contribution >= 4 is 11.9 Å². The molecule has 1 saturated carbocycles. The first-order chi connectivity index (χ1) is 11.6. The van der Waals surface area contributed by atoms with Gasteiger partial charge in [0.05, 0.1) is 0 Å². The molecule has 1 heterocycles. The summed E-state index contributed by atoms with van der Waals surface area (Å²) in [7, 11) is 0. The van der Waals surface area contributed by atoms with Crippen LogP contribution in [-0.4, -0.2) is 15.8 Å². The maximum Gasteiger partial charge on any atom is 0.162 e. The predicted molar refractivity (Wildman–Crippen MR) is 97.2 cm³/mol. The van der Waals surface area contributed by atoms with Crippen molar-refractivity contribution < 1.29 is 4.79 Å². The van der Waals surface area contributed by atoms with E-state index in [2.05, 4.69) is 30.7 Å². The molecule has 0 saturated heterocycles. The highest BCUT2D eigenvalue weighted by molar-refractivity contribution is 6.02. The number of ketones is 1. The molecule has 0 radical (unpaired) electrons. The van der Waals surface area contributed by atoms with Gasteiger partial charge in [0.25, 0.3) is 0 Å². The Morgan fingerprint density at radius 1 is 1.08 bits per heavy atom. The van der Waals surface area contributed by atoms with Crippen LogP contribution in [0.5, 0.6) is 0 Å². The van der Waals surface area contributed by atoms with Crippen LogP contribution in [0.25, 0.3) is 17.5 Å². The van der Waals surface area contributed by atoms with Gasteiger partial charge in [-0.05, 0) is 36.3 Å². The molecule has 1 aliphatic rings. The number of carbonyl (C=O) groups is 1. The zero-order valence-corrected chi connectivity index (χ0v) is 14.6. The van der Waals surface area contributed by atoms with Crippen LogP contribution in [0.15, 0.2) is 48.3 Å². The fourth-order valence-electron chi connectivity index (χ4n) is 3.35. The summed E-state index contributed by atoms with van der Waals surface area (Å²) in [6.45, 7) is 6.40. The number of nitrogens with zero attached hydrogens (tertiary/aromatic N) is 2. The number of allylic oxidation sites excluding steroid dienone is 1. The molecule has 0 aliphatic heterocycles. The molecule has 0 bridgehead atoms. The number of Topliss-reactive ketones (excluding diaryl/α,β-unsaturated/α-hetero) is 1. The Labute approximate surface area is 143 Å². The van der Waals surface area contributed by atoms with Gasteiger partial charge in [-0.3, -0.25) is 4.79 Å². The largest absolute Gasteiger partial charge is 0.294 e. The molecule has 2 atom stereocenters. The van der Waals surface area contributed by atoms with Gasteiger partial charge in [-0.2, -0.15) is 0 Å². The van der Waals surface area contributed by atoms with E-state index < -0.39 is 0 Å². The number of carbonyl (C=O) groups excluding carboxylic acids is 1. The second kappa shape index (κ2) is 7.08.